The summed E-state index contributed by atoms with van der Waals surface area (Å²) in [6.45, 7) is 3.21. The molecule has 2 aliphatic rings. The lowest BCUT2D eigenvalue weighted by Gasteiger charge is -2.40. The zero-order chi connectivity index (χ0) is 16.2. The summed E-state index contributed by atoms with van der Waals surface area (Å²) in [6, 6.07) is 9.57. The van der Waals surface area contributed by atoms with E-state index >= 15 is 0 Å². The maximum absolute atomic E-state index is 12.7. The summed E-state index contributed by atoms with van der Waals surface area (Å²) in [7, 11) is 0. The lowest BCUT2D eigenvalue weighted by atomic mass is 9.98. The second-order valence-corrected chi connectivity index (χ2v) is 6.13. The first-order valence-corrected chi connectivity index (χ1v) is 8.10. The average Bonchev–Trinajstić information content (AvgIpc) is 2.62. The van der Waals surface area contributed by atoms with Crippen molar-refractivity contribution in [2.24, 2.45) is 0 Å². The molecule has 2 heterocycles. The Morgan fingerprint density at radius 3 is 2.43 bits per heavy atom. The zero-order valence-corrected chi connectivity index (χ0v) is 13.1. The molecule has 1 aromatic carbocycles. The normalized spacial score (nSPS) is 25.3. The molecule has 2 amide bonds. The summed E-state index contributed by atoms with van der Waals surface area (Å²) >= 11 is 0. The van der Waals surface area contributed by atoms with Crippen molar-refractivity contribution >= 4 is 18.0 Å². The van der Waals surface area contributed by atoms with Gasteiger partial charge in [0, 0.05) is 44.8 Å². The molecule has 3 rings (SSSR count). The zero-order valence-electron chi connectivity index (χ0n) is 13.1. The van der Waals surface area contributed by atoms with Crippen LogP contribution >= 0.6 is 0 Å². The van der Waals surface area contributed by atoms with Crippen LogP contribution in [0, 0.1) is 0 Å². The van der Waals surface area contributed by atoms with Crippen LogP contribution in [-0.4, -0.2) is 72.1 Å². The number of piperidine rings is 1. The topological polar surface area (TPSA) is 64.1 Å². The second-order valence-electron chi connectivity index (χ2n) is 6.13. The summed E-state index contributed by atoms with van der Waals surface area (Å²) in [5, 5.41) is 9.80. The number of hydrogen-bond donors (Lipinski definition) is 1. The van der Waals surface area contributed by atoms with Crippen LogP contribution in [0.2, 0.25) is 0 Å². The molecule has 2 saturated heterocycles. The second kappa shape index (κ2) is 7.00. The predicted molar refractivity (Wildman–Crippen MR) is 86.7 cm³/mol. The van der Waals surface area contributed by atoms with Crippen LogP contribution in [0.25, 0.3) is 0 Å². The molecular weight excluding hydrogens is 294 g/mol. The number of carbonyl (C=O) groups excluding carboxylic acids is 2. The number of piperazine rings is 1. The number of benzene rings is 1. The molecule has 1 aromatic rings. The number of hydrogen-bond acceptors (Lipinski definition) is 4. The molecule has 0 saturated carbocycles. The molecule has 6 nitrogen and oxygen atoms in total. The van der Waals surface area contributed by atoms with Crippen LogP contribution in [-0.2, 0) is 9.59 Å². The van der Waals surface area contributed by atoms with E-state index in [1.807, 2.05) is 24.6 Å². The number of aliphatic hydroxyl groups excluding tert-OH is 1. The van der Waals surface area contributed by atoms with Crippen LogP contribution in [0.1, 0.15) is 12.8 Å². The van der Waals surface area contributed by atoms with E-state index in [9.17, 15) is 14.7 Å². The van der Waals surface area contributed by atoms with Gasteiger partial charge in [-0.25, -0.2) is 0 Å². The van der Waals surface area contributed by atoms with Crippen molar-refractivity contribution in [2.75, 3.05) is 37.6 Å². The maximum atomic E-state index is 12.7. The van der Waals surface area contributed by atoms with Gasteiger partial charge in [0.1, 0.15) is 6.04 Å². The van der Waals surface area contributed by atoms with Gasteiger partial charge in [-0.2, -0.15) is 0 Å². The molecule has 23 heavy (non-hydrogen) atoms. The Morgan fingerprint density at radius 1 is 1.09 bits per heavy atom. The van der Waals surface area contributed by atoms with E-state index in [4.69, 9.17) is 0 Å². The van der Waals surface area contributed by atoms with E-state index in [1.54, 1.807) is 4.90 Å². The molecule has 0 aliphatic carbocycles. The number of carbonyl (C=O) groups is 1. The van der Waals surface area contributed by atoms with Crippen LogP contribution < -0.4 is 4.90 Å². The third-order valence-corrected chi connectivity index (χ3v) is 4.69. The predicted octanol–water partition coefficient (Wildman–Crippen LogP) is 0.228. The van der Waals surface area contributed by atoms with E-state index in [0.29, 0.717) is 32.5 Å². The smallest absolute Gasteiger partial charge is 0.312 e. The Morgan fingerprint density at radius 2 is 1.78 bits per heavy atom. The van der Waals surface area contributed by atoms with E-state index in [2.05, 4.69) is 17.0 Å². The van der Waals surface area contributed by atoms with Gasteiger partial charge in [-0.1, -0.05) is 18.2 Å². The highest BCUT2D eigenvalue weighted by molar-refractivity contribution is 5.84. The Hall–Kier alpha value is -2.08. The Kier molecular flexibility index (Phi) is 4.81. The van der Waals surface area contributed by atoms with Crippen molar-refractivity contribution in [1.82, 2.24) is 9.80 Å². The van der Waals surface area contributed by atoms with Crippen molar-refractivity contribution in [3.8, 4) is 0 Å². The lowest BCUT2D eigenvalue weighted by Crippen LogP contribution is -2.57. The number of para-hydroxylation sites is 1. The number of rotatable bonds is 3. The SMILES string of the molecule is O=[C]N1CCC(O)CC1C(=O)N1CCN(c2ccccc2)CC1. The fourth-order valence-electron chi connectivity index (χ4n) is 3.32. The van der Waals surface area contributed by atoms with Gasteiger partial charge in [0.05, 0.1) is 6.10 Å². The fraction of sp³-hybridized carbons (Fsp3) is 0.529. The third-order valence-electron chi connectivity index (χ3n) is 4.69. The van der Waals surface area contributed by atoms with Crippen LogP contribution in [0.3, 0.4) is 0 Å². The summed E-state index contributed by atoms with van der Waals surface area (Å²) in [5.74, 6) is -0.0696. The summed E-state index contributed by atoms with van der Waals surface area (Å²) in [5.41, 5.74) is 1.16. The van der Waals surface area contributed by atoms with E-state index in [-0.39, 0.29) is 5.91 Å². The van der Waals surface area contributed by atoms with Crippen LogP contribution in [0.15, 0.2) is 30.3 Å². The first-order valence-electron chi connectivity index (χ1n) is 8.10. The van der Waals surface area contributed by atoms with Gasteiger partial charge in [-0.3, -0.25) is 9.59 Å². The summed E-state index contributed by atoms with van der Waals surface area (Å²) < 4.78 is 0. The highest BCUT2D eigenvalue weighted by atomic mass is 16.3. The summed E-state index contributed by atoms with van der Waals surface area (Å²) in [4.78, 5) is 29.2. The lowest BCUT2D eigenvalue weighted by molar-refractivity contribution is -0.138. The quantitative estimate of drug-likeness (QED) is 0.867. The first kappa shape index (κ1) is 15.8. The van der Waals surface area contributed by atoms with Crippen molar-refractivity contribution in [2.45, 2.75) is 25.0 Å². The van der Waals surface area contributed by atoms with Gasteiger partial charge in [-0.05, 0) is 18.6 Å². The van der Waals surface area contributed by atoms with Gasteiger partial charge in [0.2, 0.25) is 5.91 Å². The summed E-state index contributed by atoms with van der Waals surface area (Å²) in [6.07, 6.45) is 2.16. The molecule has 6 heteroatoms. The van der Waals surface area contributed by atoms with Crippen LogP contribution in [0.5, 0.6) is 0 Å². The molecular formula is C17H22N3O3. The number of amides is 2. The number of anilines is 1. The minimum absolute atomic E-state index is 0.0696. The van der Waals surface area contributed by atoms with Crippen molar-refractivity contribution in [3.63, 3.8) is 0 Å². The van der Waals surface area contributed by atoms with Crippen molar-refractivity contribution in [1.29, 1.82) is 0 Å². The van der Waals surface area contributed by atoms with Gasteiger partial charge >= 0.3 is 6.41 Å². The fourth-order valence-corrected chi connectivity index (χ4v) is 3.32. The highest BCUT2D eigenvalue weighted by Gasteiger charge is 2.36. The average molecular weight is 316 g/mol. The molecule has 0 aromatic heterocycles. The van der Waals surface area contributed by atoms with E-state index in [1.165, 1.54) is 4.90 Å². The number of aliphatic hydroxyl groups is 1. The van der Waals surface area contributed by atoms with Gasteiger partial charge in [-0.15, -0.1) is 0 Å². The van der Waals surface area contributed by atoms with Gasteiger partial charge < -0.3 is 19.8 Å². The molecule has 2 fully saturated rings. The standard InChI is InChI=1S/C17H22N3O3/c21-13-20-7-6-15(22)12-16(20)17(23)19-10-8-18(9-11-19)14-4-2-1-3-5-14/h1-5,15-16,22H,6-12H2. The third kappa shape index (κ3) is 3.47. The van der Waals surface area contributed by atoms with Gasteiger partial charge in [0.25, 0.3) is 0 Å². The Labute approximate surface area is 136 Å². The minimum atomic E-state index is -0.570. The molecule has 2 aliphatic heterocycles. The molecule has 2 atom stereocenters. The Balaban J connectivity index is 1.60. The highest BCUT2D eigenvalue weighted by Crippen LogP contribution is 2.20. The molecule has 1 N–H and O–H groups in total. The maximum Gasteiger partial charge on any atom is 0.312 e. The van der Waals surface area contributed by atoms with E-state index < -0.39 is 12.1 Å². The molecule has 123 valence electrons. The first-order chi connectivity index (χ1) is 11.2. The number of likely N-dealkylation sites (tertiary alicyclic amines) is 1. The molecule has 0 bridgehead atoms. The number of nitrogens with zero attached hydrogens (tertiary/aromatic N) is 3. The molecule has 1 radical (unpaired) electrons. The van der Waals surface area contributed by atoms with Crippen molar-refractivity contribution < 1.29 is 14.7 Å². The largest absolute Gasteiger partial charge is 0.393 e. The monoisotopic (exact) mass is 316 g/mol. The van der Waals surface area contributed by atoms with Crippen LogP contribution in [0.4, 0.5) is 5.69 Å². The van der Waals surface area contributed by atoms with Crippen molar-refractivity contribution in [3.05, 3.63) is 30.3 Å². The Bertz CT molecular complexity index is 543. The molecule has 2 unspecified atom stereocenters. The van der Waals surface area contributed by atoms with E-state index in [0.717, 1.165) is 18.8 Å². The van der Waals surface area contributed by atoms with Gasteiger partial charge in [0.15, 0.2) is 0 Å². The molecule has 0 spiro atoms. The minimum Gasteiger partial charge on any atom is -0.393 e.